The van der Waals surface area contributed by atoms with Crippen molar-refractivity contribution in [3.8, 4) is 6.07 Å². The van der Waals surface area contributed by atoms with E-state index in [1.54, 1.807) is 0 Å². The Morgan fingerprint density at radius 2 is 1.63 bits per heavy atom. The Bertz CT molecular complexity index is 318. The van der Waals surface area contributed by atoms with Crippen LogP contribution in [-0.2, 0) is 0 Å². The van der Waals surface area contributed by atoms with E-state index >= 15 is 0 Å². The van der Waals surface area contributed by atoms with Crippen LogP contribution in [-0.4, -0.2) is 35.2 Å². The van der Waals surface area contributed by atoms with E-state index in [-0.39, 0.29) is 0 Å². The molecule has 3 heteroatoms. The van der Waals surface area contributed by atoms with Crippen molar-refractivity contribution in [1.82, 2.24) is 4.90 Å². The second kappa shape index (κ2) is 6.24. The summed E-state index contributed by atoms with van der Waals surface area (Å²) in [6.45, 7) is 5.22. The fourth-order valence-corrected chi connectivity index (χ4v) is 3.95. The first-order chi connectivity index (χ1) is 9.16. The molecule has 0 spiro atoms. The van der Waals surface area contributed by atoms with Crippen LogP contribution in [0.3, 0.4) is 0 Å². The van der Waals surface area contributed by atoms with Gasteiger partial charge in [-0.05, 0) is 38.6 Å². The lowest BCUT2D eigenvalue weighted by atomic mass is 9.64. The van der Waals surface area contributed by atoms with Crippen LogP contribution in [0.25, 0.3) is 0 Å². The number of nitriles is 1. The van der Waals surface area contributed by atoms with Gasteiger partial charge in [-0.15, -0.1) is 0 Å². The molecule has 3 nitrogen and oxygen atoms in total. The summed E-state index contributed by atoms with van der Waals surface area (Å²) in [7, 11) is 0. The average Bonchev–Trinajstić information content (AvgIpc) is 2.68. The summed E-state index contributed by atoms with van der Waals surface area (Å²) in [6, 6.07) is 2.55. The smallest absolute Gasteiger partial charge is 0.0861 e. The number of piperidine rings is 1. The fraction of sp³-hybridized carbons (Fsp3) is 0.938. The largest absolute Gasteiger partial charge is 0.388 e. The van der Waals surface area contributed by atoms with Crippen LogP contribution in [0.15, 0.2) is 0 Å². The minimum Gasteiger partial charge on any atom is -0.388 e. The number of rotatable bonds is 3. The third-order valence-corrected chi connectivity index (χ3v) is 5.28. The Hall–Kier alpha value is -0.590. The van der Waals surface area contributed by atoms with Crippen LogP contribution in [0.5, 0.6) is 0 Å². The van der Waals surface area contributed by atoms with E-state index in [4.69, 9.17) is 0 Å². The monoisotopic (exact) mass is 264 g/mol. The molecule has 0 aromatic rings. The molecule has 0 amide bonds. The summed E-state index contributed by atoms with van der Waals surface area (Å²) in [5.74, 6) is 0. The molecule has 0 radical (unpaired) electrons. The summed E-state index contributed by atoms with van der Waals surface area (Å²) in [5, 5.41) is 20.8. The maximum absolute atomic E-state index is 11.1. The fourth-order valence-electron chi connectivity index (χ4n) is 3.95. The molecular formula is C16H28N2O. The van der Waals surface area contributed by atoms with Crippen molar-refractivity contribution in [1.29, 1.82) is 5.26 Å². The van der Waals surface area contributed by atoms with E-state index in [1.807, 2.05) is 0 Å². The minimum absolute atomic E-state index is 0.470. The van der Waals surface area contributed by atoms with Crippen molar-refractivity contribution in [2.24, 2.45) is 5.41 Å². The van der Waals surface area contributed by atoms with E-state index in [0.717, 1.165) is 58.2 Å². The summed E-state index contributed by atoms with van der Waals surface area (Å²) < 4.78 is 0. The van der Waals surface area contributed by atoms with Crippen LogP contribution in [0.1, 0.15) is 64.7 Å². The molecule has 0 atom stereocenters. The van der Waals surface area contributed by atoms with Crippen molar-refractivity contribution in [3.05, 3.63) is 0 Å². The van der Waals surface area contributed by atoms with E-state index in [1.165, 1.54) is 19.3 Å². The van der Waals surface area contributed by atoms with Gasteiger partial charge < -0.3 is 10.0 Å². The highest BCUT2D eigenvalue weighted by atomic mass is 16.3. The molecule has 1 saturated heterocycles. The first-order valence-corrected chi connectivity index (χ1v) is 8.02. The van der Waals surface area contributed by atoms with Crippen molar-refractivity contribution in [2.45, 2.75) is 70.3 Å². The molecule has 1 aliphatic heterocycles. The molecule has 0 aromatic carbocycles. The van der Waals surface area contributed by atoms with Gasteiger partial charge >= 0.3 is 0 Å². The SMILES string of the molecule is CCCN1CCC(O)(C2(C#N)CCCCCC2)CC1. The zero-order valence-electron chi connectivity index (χ0n) is 12.3. The summed E-state index contributed by atoms with van der Waals surface area (Å²) >= 11 is 0. The molecule has 1 N–H and O–H groups in total. The van der Waals surface area contributed by atoms with Crippen LogP contribution in [0.2, 0.25) is 0 Å². The average molecular weight is 264 g/mol. The van der Waals surface area contributed by atoms with Crippen LogP contribution in [0.4, 0.5) is 0 Å². The second-order valence-corrected chi connectivity index (χ2v) is 6.48. The van der Waals surface area contributed by atoms with Gasteiger partial charge in [0.2, 0.25) is 0 Å². The Kier molecular flexibility index (Phi) is 4.86. The molecule has 2 fully saturated rings. The van der Waals surface area contributed by atoms with E-state index in [0.29, 0.717) is 0 Å². The predicted octanol–water partition coefficient (Wildman–Crippen LogP) is 3.09. The highest BCUT2D eigenvalue weighted by Gasteiger charge is 2.51. The summed E-state index contributed by atoms with van der Waals surface area (Å²) in [4.78, 5) is 2.43. The van der Waals surface area contributed by atoms with Gasteiger partial charge in [-0.25, -0.2) is 0 Å². The molecule has 2 aliphatic rings. The number of hydrogen-bond donors (Lipinski definition) is 1. The Morgan fingerprint density at radius 3 is 2.11 bits per heavy atom. The highest BCUT2D eigenvalue weighted by molar-refractivity contribution is 5.13. The lowest BCUT2D eigenvalue weighted by molar-refractivity contribution is -0.103. The minimum atomic E-state index is -0.740. The van der Waals surface area contributed by atoms with E-state index in [2.05, 4.69) is 17.9 Å². The van der Waals surface area contributed by atoms with Crippen molar-refractivity contribution >= 4 is 0 Å². The molecule has 0 bridgehead atoms. The predicted molar refractivity (Wildman–Crippen MR) is 76.7 cm³/mol. The van der Waals surface area contributed by atoms with Crippen molar-refractivity contribution in [3.63, 3.8) is 0 Å². The lowest BCUT2D eigenvalue weighted by Gasteiger charge is -2.47. The maximum Gasteiger partial charge on any atom is 0.0861 e. The number of aliphatic hydroxyl groups is 1. The number of nitrogens with zero attached hydrogens (tertiary/aromatic N) is 2. The van der Waals surface area contributed by atoms with Crippen molar-refractivity contribution in [2.75, 3.05) is 19.6 Å². The van der Waals surface area contributed by atoms with E-state index < -0.39 is 11.0 Å². The molecule has 19 heavy (non-hydrogen) atoms. The van der Waals surface area contributed by atoms with Gasteiger partial charge in [-0.3, -0.25) is 0 Å². The third-order valence-electron chi connectivity index (χ3n) is 5.28. The molecule has 108 valence electrons. The van der Waals surface area contributed by atoms with Crippen LogP contribution >= 0.6 is 0 Å². The molecule has 1 aliphatic carbocycles. The maximum atomic E-state index is 11.1. The lowest BCUT2D eigenvalue weighted by Crippen LogP contribution is -2.54. The third kappa shape index (κ3) is 2.95. The normalized spacial score (nSPS) is 27.4. The summed E-state index contributed by atoms with van der Waals surface area (Å²) in [6.07, 6.45) is 9.18. The standard InChI is InChI=1S/C16H28N2O/c1-2-11-18-12-9-16(19,10-13-18)15(14-17)7-5-3-4-6-8-15/h19H,2-13H2,1H3. The van der Waals surface area contributed by atoms with Gasteiger partial charge in [0.05, 0.1) is 17.1 Å². The Balaban J connectivity index is 2.07. The van der Waals surface area contributed by atoms with Crippen LogP contribution < -0.4 is 0 Å². The Morgan fingerprint density at radius 1 is 1.05 bits per heavy atom. The van der Waals surface area contributed by atoms with Crippen LogP contribution in [0, 0.1) is 16.7 Å². The quantitative estimate of drug-likeness (QED) is 0.797. The van der Waals surface area contributed by atoms with Crippen molar-refractivity contribution < 1.29 is 5.11 Å². The zero-order chi connectivity index (χ0) is 13.8. The summed E-state index contributed by atoms with van der Waals surface area (Å²) in [5.41, 5.74) is -1.21. The Labute approximate surface area is 117 Å². The molecule has 1 heterocycles. The van der Waals surface area contributed by atoms with Gasteiger partial charge in [0.15, 0.2) is 0 Å². The topological polar surface area (TPSA) is 47.3 Å². The van der Waals surface area contributed by atoms with Gasteiger partial charge in [-0.1, -0.05) is 32.6 Å². The molecular weight excluding hydrogens is 236 g/mol. The molecule has 0 aromatic heterocycles. The van der Waals surface area contributed by atoms with Gasteiger partial charge in [0.1, 0.15) is 0 Å². The van der Waals surface area contributed by atoms with Gasteiger partial charge in [0, 0.05) is 13.1 Å². The highest BCUT2D eigenvalue weighted by Crippen LogP contribution is 2.48. The van der Waals surface area contributed by atoms with Gasteiger partial charge in [-0.2, -0.15) is 5.26 Å². The van der Waals surface area contributed by atoms with Gasteiger partial charge in [0.25, 0.3) is 0 Å². The molecule has 2 rings (SSSR count). The first kappa shape index (κ1) is 14.8. The molecule has 0 unspecified atom stereocenters. The zero-order valence-corrected chi connectivity index (χ0v) is 12.3. The number of hydrogen-bond acceptors (Lipinski definition) is 3. The second-order valence-electron chi connectivity index (χ2n) is 6.48. The number of likely N-dealkylation sites (tertiary alicyclic amines) is 1. The first-order valence-electron chi connectivity index (χ1n) is 8.02. The molecule has 1 saturated carbocycles. The van der Waals surface area contributed by atoms with E-state index in [9.17, 15) is 10.4 Å².